The predicted octanol–water partition coefficient (Wildman–Crippen LogP) is 4.11. The number of alkyl carbamates (subject to hydrolysis) is 1. The Bertz CT molecular complexity index is 907. The van der Waals surface area contributed by atoms with Gasteiger partial charge in [0.25, 0.3) is 0 Å². The Morgan fingerprint density at radius 3 is 2.45 bits per heavy atom. The van der Waals surface area contributed by atoms with Crippen molar-refractivity contribution in [3.8, 4) is 0 Å². The van der Waals surface area contributed by atoms with Crippen LogP contribution in [0.4, 0.5) is 9.59 Å². The third kappa shape index (κ3) is 10.7. The number of piperazine rings is 1. The molecule has 0 aromatic heterocycles. The number of rotatable bonds is 16. The van der Waals surface area contributed by atoms with Crippen molar-refractivity contribution >= 4 is 25.6 Å². The van der Waals surface area contributed by atoms with Gasteiger partial charge in [0.05, 0.1) is 32.0 Å². The normalized spacial score (nSPS) is 16.5. The lowest BCUT2D eigenvalue weighted by Crippen LogP contribution is -2.61. The fourth-order valence-electron chi connectivity index (χ4n) is 4.04. The highest BCUT2D eigenvalue weighted by atomic mass is 31.2. The van der Waals surface area contributed by atoms with Crippen LogP contribution in [-0.2, 0) is 34.5 Å². The van der Waals surface area contributed by atoms with Crippen LogP contribution in [0, 0.1) is 0 Å². The Morgan fingerprint density at radius 2 is 1.79 bits per heavy atom. The van der Waals surface area contributed by atoms with Gasteiger partial charge < -0.3 is 29.2 Å². The van der Waals surface area contributed by atoms with Crippen molar-refractivity contribution in [3.05, 3.63) is 35.9 Å². The molecule has 1 unspecified atom stereocenters. The summed E-state index contributed by atoms with van der Waals surface area (Å²) in [5, 5.41) is 5.80. The van der Waals surface area contributed by atoms with Crippen LogP contribution in [-0.4, -0.2) is 80.6 Å². The van der Waals surface area contributed by atoms with Crippen LogP contribution in [0.25, 0.3) is 0 Å². The molecule has 2 atom stereocenters. The maximum atomic E-state index is 13.7. The van der Waals surface area contributed by atoms with Crippen LogP contribution in [0.15, 0.2) is 30.3 Å². The molecule has 0 saturated carbocycles. The molecular weight excluding hydrogens is 513 g/mol. The number of nitrogens with zero attached hydrogens (tertiary/aromatic N) is 1. The molecule has 0 radical (unpaired) electrons. The molecule has 1 fully saturated rings. The van der Waals surface area contributed by atoms with Gasteiger partial charge in [0, 0.05) is 19.6 Å². The van der Waals surface area contributed by atoms with E-state index in [1.807, 2.05) is 37.3 Å². The largest absolute Gasteiger partial charge is 0.449 e. The number of amides is 2. The molecule has 0 aliphatic carbocycles. The number of hydrogen-bond acceptors (Lipinski definition) is 9. The summed E-state index contributed by atoms with van der Waals surface area (Å²) in [5.41, 5.74) is 0.803. The minimum absolute atomic E-state index is 0.0400. The van der Waals surface area contributed by atoms with Gasteiger partial charge in [0.2, 0.25) is 0 Å². The van der Waals surface area contributed by atoms with Crippen molar-refractivity contribution in [3.63, 3.8) is 0 Å². The Kier molecular flexibility index (Phi) is 14.4. The number of unbranched alkanes of at least 4 members (excludes halogenated alkanes) is 1. The van der Waals surface area contributed by atoms with Crippen LogP contribution >= 0.6 is 7.60 Å². The zero-order valence-electron chi connectivity index (χ0n) is 22.7. The molecule has 1 aliphatic rings. The second kappa shape index (κ2) is 17.2. The third-order valence-electron chi connectivity index (χ3n) is 5.95. The summed E-state index contributed by atoms with van der Waals surface area (Å²) < 4.78 is 34.3. The average molecular weight is 556 g/mol. The highest BCUT2D eigenvalue weighted by molar-refractivity contribution is 7.53. The number of benzene rings is 1. The number of nitrogens with one attached hydrogen (secondary N) is 2. The standard InChI is InChI=1S/C26H42N3O8P/c1-4-7-17-34-26(32)29-16-15-27-19-23(29)24(30)22(14-11-18-38(33,36-5-2)37-6-3)28-25(31)35-20-21-12-9-8-10-13-21/h8-10,12-13,22-23,27H,4-7,11,14-20H2,1-3H3,(H,28,31)/t22-,23?/m0/s1. The first-order valence-corrected chi connectivity index (χ1v) is 15.1. The third-order valence-corrected chi connectivity index (χ3v) is 8.12. The van der Waals surface area contributed by atoms with E-state index in [-0.39, 0.29) is 57.8 Å². The summed E-state index contributed by atoms with van der Waals surface area (Å²) >= 11 is 0. The van der Waals surface area contributed by atoms with Crippen LogP contribution in [0.3, 0.4) is 0 Å². The molecule has 214 valence electrons. The van der Waals surface area contributed by atoms with Crippen LogP contribution in [0.2, 0.25) is 0 Å². The van der Waals surface area contributed by atoms with E-state index in [2.05, 4.69) is 10.6 Å². The van der Waals surface area contributed by atoms with Gasteiger partial charge in [-0.1, -0.05) is 43.7 Å². The van der Waals surface area contributed by atoms with E-state index in [1.165, 1.54) is 4.90 Å². The molecular formula is C26H42N3O8P. The summed E-state index contributed by atoms with van der Waals surface area (Å²) in [6.07, 6.45) is 0.832. The number of Topliss-reactive ketones (excluding diaryl/α,β-unsaturated/α-hetero) is 1. The van der Waals surface area contributed by atoms with Crippen molar-refractivity contribution < 1.29 is 37.5 Å². The molecule has 2 rings (SSSR count). The highest BCUT2D eigenvalue weighted by Crippen LogP contribution is 2.48. The van der Waals surface area contributed by atoms with E-state index >= 15 is 0 Å². The molecule has 0 spiro atoms. The van der Waals surface area contributed by atoms with Gasteiger partial charge >= 0.3 is 19.8 Å². The fourth-order valence-corrected chi connectivity index (χ4v) is 5.73. The highest BCUT2D eigenvalue weighted by Gasteiger charge is 2.37. The van der Waals surface area contributed by atoms with Crippen LogP contribution < -0.4 is 10.6 Å². The summed E-state index contributed by atoms with van der Waals surface area (Å²) in [4.78, 5) is 40.5. The van der Waals surface area contributed by atoms with E-state index in [9.17, 15) is 18.9 Å². The van der Waals surface area contributed by atoms with Gasteiger partial charge in [-0.15, -0.1) is 0 Å². The van der Waals surface area contributed by atoms with Crippen molar-refractivity contribution in [2.45, 2.75) is 65.1 Å². The minimum Gasteiger partial charge on any atom is -0.449 e. The maximum Gasteiger partial charge on any atom is 0.410 e. The quantitative estimate of drug-likeness (QED) is 0.228. The van der Waals surface area contributed by atoms with Gasteiger partial charge in [-0.3, -0.25) is 14.3 Å². The Labute approximate surface area is 225 Å². The van der Waals surface area contributed by atoms with E-state index in [4.69, 9.17) is 18.5 Å². The second-order valence-electron chi connectivity index (χ2n) is 8.85. The fraction of sp³-hybridized carbons (Fsp3) is 0.654. The first-order valence-electron chi connectivity index (χ1n) is 13.4. The molecule has 1 heterocycles. The molecule has 12 heteroatoms. The molecule has 1 aliphatic heterocycles. The average Bonchev–Trinajstić information content (AvgIpc) is 2.92. The molecule has 11 nitrogen and oxygen atoms in total. The lowest BCUT2D eigenvalue weighted by atomic mass is 9.98. The minimum atomic E-state index is -3.32. The zero-order chi connectivity index (χ0) is 27.8. The number of carbonyl (C=O) groups is 3. The SMILES string of the molecule is CCCCOC(=O)N1CCNCC1C(=O)[C@H](CCCP(=O)(OCC)OCC)NC(=O)OCc1ccccc1. The first-order chi connectivity index (χ1) is 18.3. The molecule has 1 aromatic rings. The lowest BCUT2D eigenvalue weighted by molar-refractivity contribution is -0.126. The summed E-state index contributed by atoms with van der Waals surface area (Å²) in [6, 6.07) is 7.37. The number of ketones is 1. The molecule has 2 N–H and O–H groups in total. The van der Waals surface area contributed by atoms with Gasteiger partial charge in [-0.2, -0.15) is 0 Å². The molecule has 1 saturated heterocycles. The van der Waals surface area contributed by atoms with E-state index in [0.717, 1.165) is 18.4 Å². The van der Waals surface area contributed by atoms with Gasteiger partial charge in [0.15, 0.2) is 5.78 Å². The zero-order valence-corrected chi connectivity index (χ0v) is 23.6. The molecule has 0 bridgehead atoms. The number of hydrogen-bond donors (Lipinski definition) is 2. The summed E-state index contributed by atoms with van der Waals surface area (Å²) in [6.45, 7) is 7.28. The Morgan fingerprint density at radius 1 is 1.08 bits per heavy atom. The smallest absolute Gasteiger partial charge is 0.410 e. The van der Waals surface area contributed by atoms with Gasteiger partial charge in [-0.25, -0.2) is 9.59 Å². The number of carbonyl (C=O) groups excluding carboxylic acids is 3. The molecule has 2 amide bonds. The van der Waals surface area contributed by atoms with E-state index in [0.29, 0.717) is 13.1 Å². The van der Waals surface area contributed by atoms with Crippen LogP contribution in [0.1, 0.15) is 52.0 Å². The van der Waals surface area contributed by atoms with Crippen molar-refractivity contribution in [1.29, 1.82) is 0 Å². The van der Waals surface area contributed by atoms with Crippen molar-refractivity contribution in [2.24, 2.45) is 0 Å². The second-order valence-corrected chi connectivity index (χ2v) is 11.0. The monoisotopic (exact) mass is 555 g/mol. The topological polar surface area (TPSA) is 132 Å². The van der Waals surface area contributed by atoms with Crippen molar-refractivity contribution in [2.75, 3.05) is 45.6 Å². The Balaban J connectivity index is 2.12. The predicted molar refractivity (Wildman–Crippen MR) is 143 cm³/mol. The van der Waals surface area contributed by atoms with E-state index < -0.39 is 31.9 Å². The first kappa shape index (κ1) is 31.8. The van der Waals surface area contributed by atoms with Crippen molar-refractivity contribution in [1.82, 2.24) is 15.5 Å². The maximum absolute atomic E-state index is 13.7. The van der Waals surface area contributed by atoms with Gasteiger partial charge in [0.1, 0.15) is 12.6 Å². The van der Waals surface area contributed by atoms with E-state index in [1.54, 1.807) is 13.8 Å². The lowest BCUT2D eigenvalue weighted by Gasteiger charge is -2.36. The Hall–Kier alpha value is -2.46. The van der Waals surface area contributed by atoms with Gasteiger partial charge in [-0.05, 0) is 38.7 Å². The summed E-state index contributed by atoms with van der Waals surface area (Å²) in [7, 11) is -3.32. The molecule has 1 aromatic carbocycles. The molecule has 38 heavy (non-hydrogen) atoms. The van der Waals surface area contributed by atoms with Crippen LogP contribution in [0.5, 0.6) is 0 Å². The number of ether oxygens (including phenoxy) is 2. The summed E-state index contributed by atoms with van der Waals surface area (Å²) in [5.74, 6) is -0.357.